The van der Waals surface area contributed by atoms with Gasteiger partial charge in [0.05, 0.1) is 0 Å². The van der Waals surface area contributed by atoms with Crippen molar-refractivity contribution in [2.24, 2.45) is 5.41 Å². The van der Waals surface area contributed by atoms with Crippen LogP contribution in [-0.2, 0) is 9.53 Å². The number of hydrogen-bond donors (Lipinski definition) is 1. The van der Waals surface area contributed by atoms with Crippen LogP contribution in [0.4, 0.5) is 0 Å². The first kappa shape index (κ1) is 14.4. The highest BCUT2D eigenvalue weighted by Gasteiger charge is 2.08. The van der Waals surface area contributed by atoms with Crippen molar-refractivity contribution in [3.05, 3.63) is 0 Å². The minimum atomic E-state index is -0.705. The van der Waals surface area contributed by atoms with E-state index in [1.54, 1.807) is 0 Å². The molecule has 15 heavy (non-hydrogen) atoms. The average Bonchev–Trinajstić information content (AvgIpc) is 2.07. The van der Waals surface area contributed by atoms with Crippen molar-refractivity contribution in [1.29, 1.82) is 0 Å². The number of unbranched alkanes of at least 4 members (excludes halogenated alkanes) is 2. The van der Waals surface area contributed by atoms with E-state index in [0.29, 0.717) is 5.41 Å². The molecule has 0 fully saturated rings. The molecule has 0 spiro atoms. The number of rotatable bonds is 8. The Morgan fingerprint density at radius 3 is 2.33 bits per heavy atom. The molecule has 0 aliphatic rings. The molecule has 0 unspecified atom stereocenters. The Labute approximate surface area is 92.8 Å². The first-order valence-corrected chi connectivity index (χ1v) is 5.71. The Hall–Kier alpha value is -0.570. The lowest BCUT2D eigenvalue weighted by Crippen LogP contribution is -2.10. The fourth-order valence-corrected chi connectivity index (χ4v) is 1.14. The summed E-state index contributed by atoms with van der Waals surface area (Å²) >= 11 is 0. The second-order valence-corrected chi connectivity index (χ2v) is 5.13. The van der Waals surface area contributed by atoms with Gasteiger partial charge in [-0.15, -0.1) is 0 Å². The van der Waals surface area contributed by atoms with Gasteiger partial charge in [-0.05, 0) is 24.7 Å². The first-order valence-electron chi connectivity index (χ1n) is 5.71. The number of carboxylic acids is 1. The third-order valence-electron chi connectivity index (χ3n) is 2.18. The van der Waals surface area contributed by atoms with Crippen LogP contribution in [-0.4, -0.2) is 24.3 Å². The second kappa shape index (κ2) is 7.69. The van der Waals surface area contributed by atoms with E-state index in [9.17, 15) is 4.79 Å². The first-order chi connectivity index (χ1) is 6.92. The Morgan fingerprint density at radius 1 is 1.13 bits per heavy atom. The molecule has 0 aliphatic heterocycles. The number of hydrogen-bond acceptors (Lipinski definition) is 2. The summed E-state index contributed by atoms with van der Waals surface area (Å²) in [6.45, 7) is 8.16. The van der Waals surface area contributed by atoms with Crippen LogP contribution in [0.3, 0.4) is 0 Å². The van der Waals surface area contributed by atoms with E-state index in [0.717, 1.165) is 38.9 Å². The normalized spacial score (nSPS) is 11.7. The van der Waals surface area contributed by atoms with Crippen LogP contribution in [0.2, 0.25) is 0 Å². The van der Waals surface area contributed by atoms with Crippen LogP contribution in [0, 0.1) is 5.41 Å². The smallest absolute Gasteiger partial charge is 0.303 e. The van der Waals surface area contributed by atoms with Crippen molar-refractivity contribution in [2.45, 2.75) is 52.9 Å². The molecule has 3 heteroatoms. The van der Waals surface area contributed by atoms with Crippen molar-refractivity contribution in [3.63, 3.8) is 0 Å². The molecule has 0 aromatic rings. The van der Waals surface area contributed by atoms with Crippen LogP contribution >= 0.6 is 0 Å². The van der Waals surface area contributed by atoms with E-state index in [1.165, 1.54) is 0 Å². The highest BCUT2D eigenvalue weighted by Crippen LogP contribution is 2.17. The van der Waals surface area contributed by atoms with Gasteiger partial charge in [-0.2, -0.15) is 0 Å². The summed E-state index contributed by atoms with van der Waals surface area (Å²) in [5.41, 5.74) is 0.337. The summed E-state index contributed by atoms with van der Waals surface area (Å²) in [6, 6.07) is 0. The maximum absolute atomic E-state index is 10.2. The molecule has 0 saturated heterocycles. The second-order valence-electron chi connectivity index (χ2n) is 5.13. The molecule has 0 aromatic carbocycles. The zero-order valence-electron chi connectivity index (χ0n) is 10.2. The third-order valence-corrected chi connectivity index (χ3v) is 2.18. The molecule has 0 saturated carbocycles. The van der Waals surface area contributed by atoms with Crippen molar-refractivity contribution in [1.82, 2.24) is 0 Å². The Bertz CT molecular complexity index is 170. The minimum Gasteiger partial charge on any atom is -0.481 e. The average molecular weight is 216 g/mol. The molecule has 0 bridgehead atoms. The number of ether oxygens (including phenoxy) is 1. The zero-order chi connectivity index (χ0) is 11.7. The predicted molar refractivity (Wildman–Crippen MR) is 61.0 cm³/mol. The Kier molecular flexibility index (Phi) is 7.39. The summed E-state index contributed by atoms with van der Waals surface area (Å²) in [5, 5.41) is 8.41. The van der Waals surface area contributed by atoms with Crippen molar-refractivity contribution >= 4 is 5.97 Å². The van der Waals surface area contributed by atoms with Gasteiger partial charge >= 0.3 is 5.97 Å². The van der Waals surface area contributed by atoms with Gasteiger partial charge < -0.3 is 9.84 Å². The van der Waals surface area contributed by atoms with Gasteiger partial charge in [-0.1, -0.05) is 27.2 Å². The van der Waals surface area contributed by atoms with Crippen LogP contribution in [0.5, 0.6) is 0 Å². The molecular formula is C12H24O3. The summed E-state index contributed by atoms with van der Waals surface area (Å²) in [4.78, 5) is 10.2. The van der Waals surface area contributed by atoms with E-state index in [2.05, 4.69) is 20.8 Å². The fourth-order valence-electron chi connectivity index (χ4n) is 1.14. The lowest BCUT2D eigenvalue weighted by atomic mass is 9.93. The lowest BCUT2D eigenvalue weighted by Gasteiger charge is -2.17. The van der Waals surface area contributed by atoms with Gasteiger partial charge in [0.2, 0.25) is 0 Å². The van der Waals surface area contributed by atoms with Crippen LogP contribution in [0.15, 0.2) is 0 Å². The molecule has 0 amide bonds. The van der Waals surface area contributed by atoms with Crippen LogP contribution < -0.4 is 0 Å². The summed E-state index contributed by atoms with van der Waals surface area (Å²) in [7, 11) is 0. The van der Waals surface area contributed by atoms with Crippen molar-refractivity contribution in [3.8, 4) is 0 Å². The summed E-state index contributed by atoms with van der Waals surface area (Å²) in [5.74, 6) is -0.705. The van der Waals surface area contributed by atoms with Gasteiger partial charge in [0.25, 0.3) is 0 Å². The number of carboxylic acid groups (broad SMARTS) is 1. The molecule has 0 radical (unpaired) electrons. The summed E-state index contributed by atoms with van der Waals surface area (Å²) < 4.78 is 5.47. The van der Waals surface area contributed by atoms with Gasteiger partial charge in [-0.3, -0.25) is 4.79 Å². The van der Waals surface area contributed by atoms with Crippen molar-refractivity contribution in [2.75, 3.05) is 13.2 Å². The standard InChI is InChI=1S/C12H24O3/c1-12(2,3)8-10-15-9-6-4-5-7-11(13)14/h4-10H2,1-3H3,(H,13,14). The Morgan fingerprint density at radius 2 is 1.80 bits per heavy atom. The van der Waals surface area contributed by atoms with Crippen LogP contribution in [0.1, 0.15) is 52.9 Å². The van der Waals surface area contributed by atoms with Gasteiger partial charge in [0.15, 0.2) is 0 Å². The molecular weight excluding hydrogens is 192 g/mol. The lowest BCUT2D eigenvalue weighted by molar-refractivity contribution is -0.137. The van der Waals surface area contributed by atoms with Crippen molar-refractivity contribution < 1.29 is 14.6 Å². The largest absolute Gasteiger partial charge is 0.481 e. The number of carbonyl (C=O) groups is 1. The maximum Gasteiger partial charge on any atom is 0.303 e. The van der Waals surface area contributed by atoms with Gasteiger partial charge in [0, 0.05) is 19.6 Å². The monoisotopic (exact) mass is 216 g/mol. The molecule has 0 aliphatic carbocycles. The van der Waals surface area contributed by atoms with Gasteiger partial charge in [0.1, 0.15) is 0 Å². The molecule has 0 heterocycles. The van der Waals surface area contributed by atoms with E-state index in [4.69, 9.17) is 9.84 Å². The Balaban J connectivity index is 3.09. The maximum atomic E-state index is 10.2. The zero-order valence-corrected chi connectivity index (χ0v) is 10.2. The topological polar surface area (TPSA) is 46.5 Å². The SMILES string of the molecule is CC(C)(C)CCOCCCCCC(=O)O. The van der Waals surface area contributed by atoms with E-state index < -0.39 is 5.97 Å². The highest BCUT2D eigenvalue weighted by molar-refractivity contribution is 5.66. The molecule has 0 atom stereocenters. The molecule has 1 N–H and O–H groups in total. The van der Waals surface area contributed by atoms with Gasteiger partial charge in [-0.25, -0.2) is 0 Å². The highest BCUT2D eigenvalue weighted by atomic mass is 16.5. The van der Waals surface area contributed by atoms with Crippen LogP contribution in [0.25, 0.3) is 0 Å². The van der Waals surface area contributed by atoms with E-state index in [-0.39, 0.29) is 6.42 Å². The summed E-state index contributed by atoms with van der Waals surface area (Å²) in [6.07, 6.45) is 4.03. The quantitative estimate of drug-likeness (QED) is 0.634. The third kappa shape index (κ3) is 13.4. The molecule has 90 valence electrons. The molecule has 0 rings (SSSR count). The molecule has 3 nitrogen and oxygen atoms in total. The fraction of sp³-hybridized carbons (Fsp3) is 0.917. The predicted octanol–water partition coefficient (Wildman–Crippen LogP) is 3.08. The van der Waals surface area contributed by atoms with E-state index in [1.807, 2.05) is 0 Å². The number of aliphatic carboxylic acids is 1. The minimum absolute atomic E-state index is 0.280. The van der Waals surface area contributed by atoms with E-state index >= 15 is 0 Å². The molecule has 0 aromatic heterocycles.